The van der Waals surface area contributed by atoms with E-state index in [9.17, 15) is 15.0 Å². The van der Waals surface area contributed by atoms with Crippen LogP contribution >= 0.6 is 11.3 Å². The molecule has 0 fully saturated rings. The van der Waals surface area contributed by atoms with Gasteiger partial charge in [0.15, 0.2) is 11.9 Å². The number of ketones is 1. The molecule has 6 heteroatoms. The maximum absolute atomic E-state index is 13.5. The number of phenols is 2. The van der Waals surface area contributed by atoms with Crippen LogP contribution in [-0.2, 0) is 0 Å². The van der Waals surface area contributed by atoms with E-state index in [2.05, 4.69) is 0 Å². The van der Waals surface area contributed by atoms with E-state index in [0.29, 0.717) is 16.9 Å². The fourth-order valence-corrected chi connectivity index (χ4v) is 4.42. The molecule has 4 rings (SSSR count). The van der Waals surface area contributed by atoms with Gasteiger partial charge in [0.05, 0.1) is 0 Å². The van der Waals surface area contributed by atoms with Gasteiger partial charge in [-0.25, -0.2) is 0 Å². The summed E-state index contributed by atoms with van der Waals surface area (Å²) in [4.78, 5) is 14.2. The second kappa shape index (κ2) is 7.90. The third kappa shape index (κ3) is 3.71. The van der Waals surface area contributed by atoms with Gasteiger partial charge >= 0.3 is 0 Å². The minimum atomic E-state index is -0.582. The Morgan fingerprint density at radius 1 is 1.00 bits per heavy atom. The zero-order chi connectivity index (χ0) is 21.3. The molecule has 0 aliphatic carbocycles. The standard InChI is InChI=1S/C24H17NO4S/c1-14(13-25)29-19-9-4-15(5-10-19)23(28)22-20-11-8-18(27)12-21(20)30-24(22)16-2-6-17(26)7-3-16/h2-12,14,26-27H,1H3. The highest BCUT2D eigenvalue weighted by Gasteiger charge is 2.22. The predicted octanol–water partition coefficient (Wildman–Crippen LogP) is 5.50. The van der Waals surface area contributed by atoms with Gasteiger partial charge < -0.3 is 14.9 Å². The zero-order valence-electron chi connectivity index (χ0n) is 16.0. The van der Waals surface area contributed by atoms with Crippen LogP contribution in [-0.4, -0.2) is 22.1 Å². The molecular formula is C24H17NO4S. The SMILES string of the molecule is CC(C#N)Oc1ccc(C(=O)c2c(-c3ccc(O)cc3)sc3cc(O)ccc23)cc1. The van der Waals surface area contributed by atoms with Gasteiger partial charge in [0, 0.05) is 26.1 Å². The molecule has 0 saturated carbocycles. The highest BCUT2D eigenvalue weighted by molar-refractivity contribution is 7.22. The monoisotopic (exact) mass is 415 g/mol. The summed E-state index contributed by atoms with van der Waals surface area (Å²) in [7, 11) is 0. The number of carbonyl (C=O) groups excluding carboxylic acids is 1. The summed E-state index contributed by atoms with van der Waals surface area (Å²) in [5, 5.41) is 29.1. The minimum Gasteiger partial charge on any atom is -0.508 e. The number of ether oxygens (including phenoxy) is 1. The normalized spacial score (nSPS) is 11.7. The number of benzene rings is 3. The number of nitrogens with zero attached hydrogens (tertiary/aromatic N) is 1. The van der Waals surface area contributed by atoms with E-state index in [4.69, 9.17) is 10.00 Å². The third-order valence-electron chi connectivity index (χ3n) is 4.64. The van der Waals surface area contributed by atoms with Gasteiger partial charge in [-0.3, -0.25) is 4.79 Å². The summed E-state index contributed by atoms with van der Waals surface area (Å²) < 4.78 is 6.25. The van der Waals surface area contributed by atoms with Gasteiger partial charge in [-0.05, 0) is 79.2 Å². The lowest BCUT2D eigenvalue weighted by atomic mass is 9.97. The minimum absolute atomic E-state index is 0.133. The summed E-state index contributed by atoms with van der Waals surface area (Å²) in [5.41, 5.74) is 1.83. The molecule has 4 aromatic rings. The second-order valence-corrected chi connectivity index (χ2v) is 7.83. The van der Waals surface area contributed by atoms with Crippen LogP contribution in [0.2, 0.25) is 0 Å². The Balaban J connectivity index is 1.80. The van der Waals surface area contributed by atoms with E-state index >= 15 is 0 Å². The largest absolute Gasteiger partial charge is 0.508 e. The maximum Gasteiger partial charge on any atom is 0.195 e. The molecule has 1 unspecified atom stereocenters. The van der Waals surface area contributed by atoms with Crippen LogP contribution in [0.5, 0.6) is 17.2 Å². The van der Waals surface area contributed by atoms with Crippen LogP contribution in [0.4, 0.5) is 0 Å². The van der Waals surface area contributed by atoms with Crippen molar-refractivity contribution in [1.82, 2.24) is 0 Å². The number of phenolic OH excluding ortho intramolecular Hbond substituents is 2. The predicted molar refractivity (Wildman–Crippen MR) is 116 cm³/mol. The van der Waals surface area contributed by atoms with Crippen molar-refractivity contribution < 1.29 is 19.7 Å². The number of hydrogen-bond acceptors (Lipinski definition) is 6. The molecule has 148 valence electrons. The van der Waals surface area contributed by atoms with Crippen molar-refractivity contribution in [3.05, 3.63) is 77.9 Å². The smallest absolute Gasteiger partial charge is 0.195 e. The van der Waals surface area contributed by atoms with Crippen LogP contribution in [0.25, 0.3) is 20.5 Å². The molecule has 1 heterocycles. The van der Waals surface area contributed by atoms with Crippen molar-refractivity contribution in [2.45, 2.75) is 13.0 Å². The first kappa shape index (κ1) is 19.5. The molecule has 3 aromatic carbocycles. The fourth-order valence-electron chi connectivity index (χ4n) is 3.19. The molecule has 30 heavy (non-hydrogen) atoms. The highest BCUT2D eigenvalue weighted by atomic mass is 32.1. The van der Waals surface area contributed by atoms with Crippen molar-refractivity contribution in [2.24, 2.45) is 0 Å². The number of carbonyl (C=O) groups is 1. The Bertz CT molecular complexity index is 1270. The Labute approximate surface area is 177 Å². The summed E-state index contributed by atoms with van der Waals surface area (Å²) in [6, 6.07) is 20.3. The molecule has 0 saturated heterocycles. The number of rotatable bonds is 5. The number of hydrogen-bond donors (Lipinski definition) is 2. The van der Waals surface area contributed by atoms with Crippen molar-refractivity contribution in [2.75, 3.05) is 0 Å². The van der Waals surface area contributed by atoms with Gasteiger partial charge in [-0.2, -0.15) is 5.26 Å². The van der Waals surface area contributed by atoms with Crippen LogP contribution in [0, 0.1) is 11.3 Å². The Morgan fingerprint density at radius 2 is 1.67 bits per heavy atom. The first-order valence-corrected chi connectivity index (χ1v) is 10.0. The molecular weight excluding hydrogens is 398 g/mol. The summed E-state index contributed by atoms with van der Waals surface area (Å²) in [6.45, 7) is 1.65. The van der Waals surface area contributed by atoms with E-state index < -0.39 is 6.10 Å². The summed E-state index contributed by atoms with van der Waals surface area (Å²) >= 11 is 1.41. The lowest BCUT2D eigenvalue weighted by Crippen LogP contribution is -2.08. The molecule has 0 bridgehead atoms. The first-order valence-electron chi connectivity index (χ1n) is 9.22. The lowest BCUT2D eigenvalue weighted by Gasteiger charge is -2.09. The van der Waals surface area contributed by atoms with Gasteiger partial charge in [-0.1, -0.05) is 0 Å². The lowest BCUT2D eigenvalue weighted by molar-refractivity contribution is 0.104. The van der Waals surface area contributed by atoms with Crippen molar-refractivity contribution in [3.8, 4) is 33.8 Å². The molecule has 0 aliphatic rings. The van der Waals surface area contributed by atoms with Crippen LogP contribution in [0.15, 0.2) is 66.7 Å². The zero-order valence-corrected chi connectivity index (χ0v) is 16.8. The fraction of sp³-hybridized carbons (Fsp3) is 0.0833. The van der Waals surface area contributed by atoms with Crippen LogP contribution < -0.4 is 4.74 Å². The van der Waals surface area contributed by atoms with E-state index in [1.54, 1.807) is 73.7 Å². The Hall–Kier alpha value is -3.82. The van der Waals surface area contributed by atoms with E-state index in [1.807, 2.05) is 6.07 Å². The van der Waals surface area contributed by atoms with E-state index in [-0.39, 0.29) is 17.3 Å². The Morgan fingerprint density at radius 3 is 2.33 bits per heavy atom. The van der Waals surface area contributed by atoms with Gasteiger partial charge in [0.2, 0.25) is 0 Å². The third-order valence-corrected chi connectivity index (χ3v) is 5.84. The van der Waals surface area contributed by atoms with Crippen LogP contribution in [0.3, 0.4) is 0 Å². The topological polar surface area (TPSA) is 90.5 Å². The van der Waals surface area contributed by atoms with E-state index in [1.165, 1.54) is 11.3 Å². The number of thiophene rings is 1. The summed E-state index contributed by atoms with van der Waals surface area (Å²) in [5.74, 6) is 0.634. The number of fused-ring (bicyclic) bond motifs is 1. The second-order valence-electron chi connectivity index (χ2n) is 6.78. The molecule has 0 aliphatic heterocycles. The quantitative estimate of drug-likeness (QED) is 0.420. The molecule has 1 aromatic heterocycles. The van der Waals surface area contributed by atoms with Gasteiger partial charge in [0.1, 0.15) is 23.3 Å². The van der Waals surface area contributed by atoms with E-state index in [0.717, 1.165) is 20.5 Å². The molecule has 5 nitrogen and oxygen atoms in total. The van der Waals surface area contributed by atoms with Crippen molar-refractivity contribution >= 4 is 27.2 Å². The molecule has 2 N–H and O–H groups in total. The average Bonchev–Trinajstić information content (AvgIpc) is 3.12. The number of aromatic hydroxyl groups is 2. The van der Waals surface area contributed by atoms with Crippen molar-refractivity contribution in [1.29, 1.82) is 5.26 Å². The molecule has 0 amide bonds. The average molecular weight is 415 g/mol. The number of nitriles is 1. The molecule has 1 atom stereocenters. The molecule has 0 radical (unpaired) electrons. The van der Waals surface area contributed by atoms with Gasteiger partial charge in [0.25, 0.3) is 0 Å². The molecule has 0 spiro atoms. The van der Waals surface area contributed by atoms with Crippen LogP contribution in [0.1, 0.15) is 22.8 Å². The first-order chi connectivity index (χ1) is 14.5. The summed E-state index contributed by atoms with van der Waals surface area (Å²) in [6.07, 6.45) is -0.582. The van der Waals surface area contributed by atoms with Gasteiger partial charge in [-0.15, -0.1) is 11.3 Å². The maximum atomic E-state index is 13.5. The Kier molecular flexibility index (Phi) is 5.13. The van der Waals surface area contributed by atoms with Crippen molar-refractivity contribution in [3.63, 3.8) is 0 Å². The highest BCUT2D eigenvalue weighted by Crippen LogP contribution is 2.41.